The molecule has 0 aliphatic heterocycles. The predicted octanol–water partition coefficient (Wildman–Crippen LogP) is 17.8. The van der Waals surface area contributed by atoms with Crippen molar-refractivity contribution in [2.75, 3.05) is 4.90 Å². The van der Waals surface area contributed by atoms with Crippen molar-refractivity contribution in [2.24, 2.45) is 0 Å². The van der Waals surface area contributed by atoms with Gasteiger partial charge in [0, 0.05) is 38.5 Å². The van der Waals surface area contributed by atoms with E-state index in [2.05, 4.69) is 270 Å². The second-order valence-corrected chi connectivity index (χ2v) is 18.4. The zero-order chi connectivity index (χ0) is 46.2. The van der Waals surface area contributed by atoms with Crippen molar-refractivity contribution in [1.82, 2.24) is 4.57 Å². The maximum Gasteiger partial charge on any atom is 0.159 e. The average molecular weight is 893 g/mol. The summed E-state index contributed by atoms with van der Waals surface area (Å²) in [5.41, 5.74) is 19.9. The molecular formula is C67H44N2O. The molecule has 0 spiro atoms. The predicted molar refractivity (Wildman–Crippen MR) is 291 cm³/mol. The molecule has 0 amide bonds. The Morgan fingerprint density at radius 2 is 0.900 bits per heavy atom. The molecule has 0 atom stereocenters. The maximum absolute atomic E-state index is 6.82. The van der Waals surface area contributed by atoms with Gasteiger partial charge in [0.05, 0.1) is 27.8 Å². The Kier molecular flexibility index (Phi) is 9.11. The van der Waals surface area contributed by atoms with E-state index < -0.39 is 5.41 Å². The Balaban J connectivity index is 0.928. The minimum atomic E-state index is -0.545. The van der Waals surface area contributed by atoms with Crippen LogP contribution in [0.5, 0.6) is 0 Å². The van der Waals surface area contributed by atoms with Crippen molar-refractivity contribution in [2.45, 2.75) is 5.41 Å². The first-order chi connectivity index (χ1) is 34.7. The lowest BCUT2D eigenvalue weighted by Gasteiger charge is -2.35. The summed E-state index contributed by atoms with van der Waals surface area (Å²) < 4.78 is 9.24. The molecule has 328 valence electrons. The summed E-state index contributed by atoms with van der Waals surface area (Å²) >= 11 is 0. The zero-order valence-corrected chi connectivity index (χ0v) is 38.2. The van der Waals surface area contributed by atoms with E-state index in [1.807, 2.05) is 6.07 Å². The van der Waals surface area contributed by atoms with Crippen molar-refractivity contribution in [1.29, 1.82) is 0 Å². The second-order valence-electron chi connectivity index (χ2n) is 18.4. The summed E-state index contributed by atoms with van der Waals surface area (Å²) in [7, 11) is 0. The van der Waals surface area contributed by atoms with Crippen molar-refractivity contribution < 1.29 is 4.42 Å². The molecule has 3 nitrogen and oxygen atoms in total. The van der Waals surface area contributed by atoms with Gasteiger partial charge in [0.2, 0.25) is 0 Å². The van der Waals surface area contributed by atoms with E-state index in [4.69, 9.17) is 4.42 Å². The molecule has 0 fully saturated rings. The van der Waals surface area contributed by atoms with Crippen LogP contribution in [0.2, 0.25) is 0 Å². The highest BCUT2D eigenvalue weighted by atomic mass is 16.3. The van der Waals surface area contributed by atoms with Crippen molar-refractivity contribution in [3.05, 3.63) is 289 Å². The van der Waals surface area contributed by atoms with Crippen LogP contribution in [-0.4, -0.2) is 4.57 Å². The minimum Gasteiger partial charge on any atom is -0.454 e. The molecule has 0 saturated carbocycles. The molecule has 0 saturated heterocycles. The molecule has 70 heavy (non-hydrogen) atoms. The zero-order valence-electron chi connectivity index (χ0n) is 38.2. The Bertz CT molecular complexity index is 4030. The molecule has 0 radical (unpaired) electrons. The number of rotatable bonds is 8. The highest BCUT2D eigenvalue weighted by molar-refractivity contribution is 6.11. The fourth-order valence-electron chi connectivity index (χ4n) is 11.7. The van der Waals surface area contributed by atoms with Crippen LogP contribution >= 0.6 is 0 Å². The van der Waals surface area contributed by atoms with Gasteiger partial charge in [-0.1, -0.05) is 206 Å². The van der Waals surface area contributed by atoms with Crippen LogP contribution in [0.4, 0.5) is 17.1 Å². The van der Waals surface area contributed by atoms with Gasteiger partial charge in [-0.3, -0.25) is 0 Å². The van der Waals surface area contributed by atoms with Gasteiger partial charge in [0.25, 0.3) is 0 Å². The quantitative estimate of drug-likeness (QED) is 0.152. The number of aromatic nitrogens is 1. The largest absolute Gasteiger partial charge is 0.454 e. The molecule has 0 bridgehead atoms. The molecule has 3 heteroatoms. The van der Waals surface area contributed by atoms with Gasteiger partial charge in [0.1, 0.15) is 5.58 Å². The monoisotopic (exact) mass is 892 g/mol. The van der Waals surface area contributed by atoms with Gasteiger partial charge in [-0.25, -0.2) is 0 Å². The topological polar surface area (TPSA) is 21.3 Å². The summed E-state index contributed by atoms with van der Waals surface area (Å²) in [4.78, 5) is 2.39. The van der Waals surface area contributed by atoms with Crippen LogP contribution in [0.25, 0.3) is 82.8 Å². The van der Waals surface area contributed by atoms with Crippen molar-refractivity contribution in [3.63, 3.8) is 0 Å². The SMILES string of the molecule is c1ccc(C2(c3ccccc3)c3ccccc3-c3ccc(N(c4ccc(-c5cccc(-c6ccccc6-n6c7ccccc7c7ccccc76)c5)cc4)c4cccc5c4oc4ccccc45)cc32)cc1. The van der Waals surface area contributed by atoms with Crippen LogP contribution in [-0.2, 0) is 5.41 Å². The fourth-order valence-corrected chi connectivity index (χ4v) is 11.7. The number of hydrogen-bond donors (Lipinski definition) is 0. The van der Waals surface area contributed by atoms with Gasteiger partial charge in [-0.15, -0.1) is 0 Å². The van der Waals surface area contributed by atoms with Crippen LogP contribution in [0, 0.1) is 0 Å². The van der Waals surface area contributed by atoms with Gasteiger partial charge in [-0.2, -0.15) is 0 Å². The van der Waals surface area contributed by atoms with E-state index in [0.29, 0.717) is 0 Å². The smallest absolute Gasteiger partial charge is 0.159 e. The number of nitrogens with zero attached hydrogens (tertiary/aromatic N) is 2. The molecule has 11 aromatic carbocycles. The van der Waals surface area contributed by atoms with Crippen LogP contribution in [0.15, 0.2) is 271 Å². The number of furan rings is 1. The second kappa shape index (κ2) is 16.0. The minimum absolute atomic E-state index is 0.545. The number of anilines is 3. The molecule has 0 N–H and O–H groups in total. The molecular weight excluding hydrogens is 849 g/mol. The maximum atomic E-state index is 6.82. The Morgan fingerprint density at radius 1 is 0.343 bits per heavy atom. The lowest BCUT2D eigenvalue weighted by Crippen LogP contribution is -2.28. The summed E-state index contributed by atoms with van der Waals surface area (Å²) in [6.45, 7) is 0. The van der Waals surface area contributed by atoms with Gasteiger partial charge < -0.3 is 13.9 Å². The summed E-state index contributed by atoms with van der Waals surface area (Å²) in [5, 5.41) is 4.70. The van der Waals surface area contributed by atoms with Crippen molar-refractivity contribution in [3.8, 4) is 39.1 Å². The number of fused-ring (bicyclic) bond motifs is 9. The summed E-state index contributed by atoms with van der Waals surface area (Å²) in [5.74, 6) is 0. The van der Waals surface area contributed by atoms with E-state index in [9.17, 15) is 0 Å². The molecule has 14 rings (SSSR count). The Labute approximate surface area is 406 Å². The van der Waals surface area contributed by atoms with E-state index in [-0.39, 0.29) is 0 Å². The van der Waals surface area contributed by atoms with E-state index in [1.165, 1.54) is 60.8 Å². The van der Waals surface area contributed by atoms with Gasteiger partial charge >= 0.3 is 0 Å². The molecule has 1 aliphatic rings. The van der Waals surface area contributed by atoms with E-state index >= 15 is 0 Å². The highest BCUT2D eigenvalue weighted by Crippen LogP contribution is 2.57. The molecule has 2 heterocycles. The summed E-state index contributed by atoms with van der Waals surface area (Å²) in [6, 6.07) is 97.2. The first-order valence-corrected chi connectivity index (χ1v) is 24.1. The van der Waals surface area contributed by atoms with Gasteiger partial charge in [-0.05, 0) is 111 Å². The number of para-hydroxylation sites is 5. The molecule has 1 aliphatic carbocycles. The third-order valence-electron chi connectivity index (χ3n) is 14.7. The average Bonchev–Trinajstić information content (AvgIpc) is 4.09. The molecule has 2 aromatic heterocycles. The van der Waals surface area contributed by atoms with Crippen molar-refractivity contribution >= 4 is 60.8 Å². The Hall–Kier alpha value is -9.18. The number of benzene rings is 11. The first kappa shape index (κ1) is 39.9. The fraction of sp³-hybridized carbons (Fsp3) is 0.0149. The van der Waals surface area contributed by atoms with Crippen LogP contribution in [0.3, 0.4) is 0 Å². The van der Waals surface area contributed by atoms with Crippen LogP contribution in [0.1, 0.15) is 22.3 Å². The third-order valence-corrected chi connectivity index (χ3v) is 14.7. The van der Waals surface area contributed by atoms with E-state index in [1.54, 1.807) is 0 Å². The standard InChI is InChI=1S/C67H44N2O/c1-3-21-48(22-4-1)67(49-23-5-2-6-24-49)59-31-12-7-26-53(59)54-42-41-51(44-60(54)67)68(64-35-18-30-58-57-29-11-16-36-65(57)70-66(58)64)50-39-37-45(38-40-50)46-19-17-20-47(43-46)52-25-8-13-32-61(52)69-62-33-14-9-27-55(62)56-28-10-15-34-63(56)69/h1-44H. The number of hydrogen-bond acceptors (Lipinski definition) is 2. The van der Waals surface area contributed by atoms with E-state index in [0.717, 1.165) is 61.4 Å². The first-order valence-electron chi connectivity index (χ1n) is 24.1. The van der Waals surface area contributed by atoms with Gasteiger partial charge in [0.15, 0.2) is 5.58 Å². The third kappa shape index (κ3) is 6.01. The van der Waals surface area contributed by atoms with Crippen LogP contribution < -0.4 is 4.90 Å². The summed E-state index contributed by atoms with van der Waals surface area (Å²) in [6.07, 6.45) is 0. The lowest BCUT2D eigenvalue weighted by molar-refractivity contribution is 0.669. The lowest BCUT2D eigenvalue weighted by atomic mass is 9.67. The molecule has 13 aromatic rings. The Morgan fingerprint density at radius 3 is 1.64 bits per heavy atom. The normalized spacial score (nSPS) is 12.7. The molecule has 0 unspecified atom stereocenters. The highest BCUT2D eigenvalue weighted by Gasteiger charge is 2.46.